The third-order valence-corrected chi connectivity index (χ3v) is 12.3. The number of hydrogen-bond donors (Lipinski definition) is 0. The van der Waals surface area contributed by atoms with Crippen LogP contribution in [0.4, 0.5) is 8.78 Å². The zero-order valence-electron chi connectivity index (χ0n) is 25.6. The highest BCUT2D eigenvalue weighted by Crippen LogP contribution is 2.45. The fraction of sp³-hybridized carbons (Fsp3) is 0. The van der Waals surface area contributed by atoms with Crippen molar-refractivity contribution < 1.29 is 13.3 Å². The third-order valence-electron chi connectivity index (χ3n) is 9.30. The van der Waals surface area contributed by atoms with E-state index in [0.717, 1.165) is 55.0 Å². The van der Waals surface area contributed by atoms with Gasteiger partial charge in [0.1, 0.15) is 11.6 Å². The second kappa shape index (κ2) is 10.9. The minimum atomic E-state index is -3.50. The molecule has 0 aliphatic rings. The zero-order chi connectivity index (χ0) is 32.4. The van der Waals surface area contributed by atoms with E-state index in [9.17, 15) is 8.78 Å². The van der Waals surface area contributed by atoms with E-state index in [-0.39, 0.29) is 11.6 Å². The summed E-state index contributed by atoms with van der Waals surface area (Å²) in [5.41, 5.74) is 5.41. The van der Waals surface area contributed by atoms with Crippen LogP contribution < -0.4 is 15.9 Å². The van der Waals surface area contributed by atoms with E-state index in [0.29, 0.717) is 15.9 Å². The molecule has 9 rings (SSSR count). The Balaban J connectivity index is 1.33. The van der Waals surface area contributed by atoms with Gasteiger partial charge in [0.15, 0.2) is 7.14 Å². The lowest BCUT2D eigenvalue weighted by Crippen LogP contribution is -2.25. The van der Waals surface area contributed by atoms with Crippen LogP contribution in [0.3, 0.4) is 0 Å². The van der Waals surface area contributed by atoms with Crippen molar-refractivity contribution >= 4 is 66.7 Å². The quantitative estimate of drug-likeness (QED) is 0.171. The number of fused-ring (bicyclic) bond motifs is 6. The van der Waals surface area contributed by atoms with Gasteiger partial charge in [-0.2, -0.15) is 0 Å². The molecule has 2 aromatic heterocycles. The van der Waals surface area contributed by atoms with Gasteiger partial charge in [-0.25, -0.2) is 8.78 Å². The van der Waals surface area contributed by atoms with E-state index in [1.807, 2.05) is 127 Å². The largest absolute Gasteiger partial charge is 0.309 e. The van der Waals surface area contributed by atoms with Gasteiger partial charge in [0.2, 0.25) is 0 Å². The smallest absolute Gasteiger partial charge is 0.171 e. The fourth-order valence-corrected chi connectivity index (χ4v) is 9.83. The van der Waals surface area contributed by atoms with Crippen LogP contribution in [0, 0.1) is 11.6 Å². The Hall–Kier alpha value is -5.77. The van der Waals surface area contributed by atoms with Crippen LogP contribution in [0.1, 0.15) is 0 Å². The molecule has 7 aromatic carbocycles. The summed E-state index contributed by atoms with van der Waals surface area (Å²) in [6.07, 6.45) is 0. The maximum atomic E-state index is 15.9. The average molecular weight is 645 g/mol. The summed E-state index contributed by atoms with van der Waals surface area (Å²) in [4.78, 5) is 0. The van der Waals surface area contributed by atoms with Crippen LogP contribution in [-0.2, 0) is 4.57 Å². The standard InChI is InChI=1S/C42H27F2N2OP/c43-28-16-20-39-35(24-28)37-26-33(18-22-41(37)45(39)30-10-4-1-5-11-30)48(47,32-14-8-3-9-15-32)34-19-23-42-38(27-34)36-25-29(44)17-21-40(36)46(42)31-12-6-2-7-13-31/h1-27H. The van der Waals surface area contributed by atoms with Crippen molar-refractivity contribution in [2.75, 3.05) is 0 Å². The molecule has 0 aliphatic heterocycles. The van der Waals surface area contributed by atoms with E-state index in [2.05, 4.69) is 9.13 Å². The molecule has 3 nitrogen and oxygen atoms in total. The lowest BCUT2D eigenvalue weighted by atomic mass is 10.1. The Morgan fingerprint density at radius 3 is 1.15 bits per heavy atom. The molecule has 0 saturated carbocycles. The topological polar surface area (TPSA) is 26.9 Å². The molecule has 0 saturated heterocycles. The molecule has 0 bridgehead atoms. The molecule has 0 radical (unpaired) electrons. The fourth-order valence-electron chi connectivity index (χ4n) is 7.15. The molecule has 48 heavy (non-hydrogen) atoms. The van der Waals surface area contributed by atoms with Crippen LogP contribution in [-0.4, -0.2) is 9.13 Å². The first-order valence-corrected chi connectivity index (χ1v) is 17.5. The second-order valence-corrected chi connectivity index (χ2v) is 14.8. The number of halogens is 2. The lowest BCUT2D eigenvalue weighted by Gasteiger charge is -2.21. The van der Waals surface area contributed by atoms with Gasteiger partial charge >= 0.3 is 0 Å². The van der Waals surface area contributed by atoms with Crippen molar-refractivity contribution in [1.82, 2.24) is 9.13 Å². The summed E-state index contributed by atoms with van der Waals surface area (Å²) < 4.78 is 49.7. The van der Waals surface area contributed by atoms with Crippen molar-refractivity contribution in [3.8, 4) is 11.4 Å². The molecule has 0 spiro atoms. The first-order valence-electron chi connectivity index (χ1n) is 15.8. The van der Waals surface area contributed by atoms with Gasteiger partial charge in [-0.15, -0.1) is 0 Å². The maximum absolute atomic E-state index is 15.9. The number of aromatic nitrogens is 2. The normalized spacial score (nSPS) is 12.0. The summed E-state index contributed by atoms with van der Waals surface area (Å²) in [5.74, 6) is -0.669. The number of para-hydroxylation sites is 2. The minimum absolute atomic E-state index is 0.334. The zero-order valence-corrected chi connectivity index (χ0v) is 26.5. The average Bonchev–Trinajstić information content (AvgIpc) is 3.63. The van der Waals surface area contributed by atoms with E-state index >= 15 is 4.57 Å². The summed E-state index contributed by atoms with van der Waals surface area (Å²) >= 11 is 0. The van der Waals surface area contributed by atoms with E-state index in [1.165, 1.54) is 12.1 Å². The van der Waals surface area contributed by atoms with Crippen LogP contribution in [0.15, 0.2) is 164 Å². The van der Waals surface area contributed by atoms with Gasteiger partial charge in [0.05, 0.1) is 22.1 Å². The SMILES string of the molecule is O=P(c1ccccc1)(c1ccc2c(c1)c1cc(F)ccc1n2-c1ccccc1)c1ccc2c(c1)c1cc(F)ccc1n2-c1ccccc1. The summed E-state index contributed by atoms with van der Waals surface area (Å²) in [7, 11) is -3.50. The number of nitrogens with zero attached hydrogens (tertiary/aromatic N) is 2. The predicted molar refractivity (Wildman–Crippen MR) is 194 cm³/mol. The highest BCUT2D eigenvalue weighted by Gasteiger charge is 2.31. The molecular weight excluding hydrogens is 617 g/mol. The number of hydrogen-bond acceptors (Lipinski definition) is 1. The highest BCUT2D eigenvalue weighted by atomic mass is 31.2. The highest BCUT2D eigenvalue weighted by molar-refractivity contribution is 7.85. The van der Waals surface area contributed by atoms with Gasteiger partial charge in [0, 0.05) is 48.8 Å². The Bertz CT molecular complexity index is 2550. The van der Waals surface area contributed by atoms with Gasteiger partial charge in [-0.05, 0) is 97.1 Å². The van der Waals surface area contributed by atoms with E-state index in [1.54, 1.807) is 24.3 Å². The Labute approximate surface area is 275 Å². The van der Waals surface area contributed by atoms with Crippen molar-refractivity contribution in [1.29, 1.82) is 0 Å². The Morgan fingerprint density at radius 1 is 0.375 bits per heavy atom. The lowest BCUT2D eigenvalue weighted by molar-refractivity contribution is 0.592. The number of benzene rings is 7. The van der Waals surface area contributed by atoms with Crippen molar-refractivity contribution in [2.45, 2.75) is 0 Å². The van der Waals surface area contributed by atoms with Gasteiger partial charge < -0.3 is 13.7 Å². The Morgan fingerprint density at radius 2 is 0.729 bits per heavy atom. The van der Waals surface area contributed by atoms with Crippen LogP contribution >= 0.6 is 7.14 Å². The molecule has 230 valence electrons. The molecule has 0 N–H and O–H groups in total. The van der Waals surface area contributed by atoms with Gasteiger partial charge in [-0.3, -0.25) is 0 Å². The van der Waals surface area contributed by atoms with E-state index in [4.69, 9.17) is 0 Å². The first-order chi connectivity index (χ1) is 23.5. The van der Waals surface area contributed by atoms with Gasteiger partial charge in [0.25, 0.3) is 0 Å². The first kappa shape index (κ1) is 28.5. The second-order valence-electron chi connectivity index (χ2n) is 12.0. The monoisotopic (exact) mass is 644 g/mol. The molecule has 6 heteroatoms. The van der Waals surface area contributed by atoms with Crippen molar-refractivity contribution in [3.05, 3.63) is 175 Å². The maximum Gasteiger partial charge on any atom is 0.171 e. The molecular formula is C42H27F2N2OP. The van der Waals surface area contributed by atoms with Crippen LogP contribution in [0.2, 0.25) is 0 Å². The molecule has 0 atom stereocenters. The van der Waals surface area contributed by atoms with Crippen LogP contribution in [0.25, 0.3) is 55.0 Å². The predicted octanol–water partition coefficient (Wildman–Crippen LogP) is 9.80. The molecule has 9 aromatic rings. The molecule has 0 amide bonds. The summed E-state index contributed by atoms with van der Waals surface area (Å²) in [5, 5.41) is 5.06. The van der Waals surface area contributed by atoms with Crippen molar-refractivity contribution in [2.24, 2.45) is 0 Å². The van der Waals surface area contributed by atoms with Crippen molar-refractivity contribution in [3.63, 3.8) is 0 Å². The van der Waals surface area contributed by atoms with Gasteiger partial charge in [-0.1, -0.05) is 66.7 Å². The molecule has 2 heterocycles. The minimum Gasteiger partial charge on any atom is -0.309 e. The summed E-state index contributed by atoms with van der Waals surface area (Å²) in [6, 6.07) is 50.8. The summed E-state index contributed by atoms with van der Waals surface area (Å²) in [6.45, 7) is 0. The molecule has 0 aliphatic carbocycles. The van der Waals surface area contributed by atoms with Crippen LogP contribution in [0.5, 0.6) is 0 Å². The molecule has 0 fully saturated rings. The Kier molecular flexibility index (Phi) is 6.46. The number of rotatable bonds is 5. The third kappa shape index (κ3) is 4.28. The van der Waals surface area contributed by atoms with E-state index < -0.39 is 7.14 Å². The molecule has 0 unspecified atom stereocenters.